The number of hydrogen-bond donors (Lipinski definition) is 1. The van der Waals surface area contributed by atoms with Crippen LogP contribution in [0.3, 0.4) is 0 Å². The minimum absolute atomic E-state index is 0.192. The molecular weight excluding hydrogens is 316 g/mol. The standard InChI is InChI=1S/C16H20N2O4S/c1-13(14-7-9-17-10-8-14)18-23(19,20)16-5-3-15(4-6-16)22-12-11-21-2/h3-10,13,18H,11-12H2,1-2H3/t13-/m0/s1. The molecule has 0 aliphatic rings. The minimum atomic E-state index is -3.60. The molecule has 0 saturated carbocycles. The highest BCUT2D eigenvalue weighted by Crippen LogP contribution is 2.19. The number of nitrogens with one attached hydrogen (secondary N) is 1. The highest BCUT2D eigenvalue weighted by molar-refractivity contribution is 7.89. The third-order valence-corrected chi connectivity index (χ3v) is 4.78. The molecule has 2 aromatic rings. The lowest BCUT2D eigenvalue weighted by molar-refractivity contribution is 0.146. The van der Waals surface area contributed by atoms with Crippen molar-refractivity contribution in [3.8, 4) is 5.75 Å². The van der Waals surface area contributed by atoms with Gasteiger partial charge in [0.2, 0.25) is 10.0 Å². The molecule has 2 rings (SSSR count). The monoisotopic (exact) mass is 336 g/mol. The third-order valence-electron chi connectivity index (χ3n) is 3.23. The topological polar surface area (TPSA) is 77.5 Å². The molecule has 6 nitrogen and oxygen atoms in total. The summed E-state index contributed by atoms with van der Waals surface area (Å²) in [5.74, 6) is 0.600. The molecule has 0 spiro atoms. The van der Waals surface area contributed by atoms with E-state index in [4.69, 9.17) is 9.47 Å². The molecule has 1 aromatic carbocycles. The molecule has 0 aliphatic heterocycles. The van der Waals surface area contributed by atoms with Gasteiger partial charge in [-0.3, -0.25) is 4.98 Å². The third kappa shape index (κ3) is 5.02. The van der Waals surface area contributed by atoms with Gasteiger partial charge >= 0.3 is 0 Å². The van der Waals surface area contributed by atoms with Crippen LogP contribution >= 0.6 is 0 Å². The van der Waals surface area contributed by atoms with E-state index < -0.39 is 10.0 Å². The van der Waals surface area contributed by atoms with Crippen molar-refractivity contribution >= 4 is 10.0 Å². The largest absolute Gasteiger partial charge is 0.491 e. The lowest BCUT2D eigenvalue weighted by atomic mass is 10.1. The highest BCUT2D eigenvalue weighted by atomic mass is 32.2. The summed E-state index contributed by atoms with van der Waals surface area (Å²) in [5.41, 5.74) is 0.850. The van der Waals surface area contributed by atoms with Crippen molar-refractivity contribution in [3.63, 3.8) is 0 Å². The van der Waals surface area contributed by atoms with E-state index in [1.54, 1.807) is 50.7 Å². The van der Waals surface area contributed by atoms with E-state index in [1.807, 2.05) is 0 Å². The summed E-state index contributed by atoms with van der Waals surface area (Å²) >= 11 is 0. The van der Waals surface area contributed by atoms with Gasteiger partial charge in [0.15, 0.2) is 0 Å². The second kappa shape index (κ2) is 8.05. The van der Waals surface area contributed by atoms with Crippen LogP contribution in [0.4, 0.5) is 0 Å². The molecule has 7 heteroatoms. The number of aromatic nitrogens is 1. The fourth-order valence-electron chi connectivity index (χ4n) is 1.98. The highest BCUT2D eigenvalue weighted by Gasteiger charge is 2.18. The Kier molecular flexibility index (Phi) is 6.09. The van der Waals surface area contributed by atoms with Crippen LogP contribution in [0.5, 0.6) is 5.75 Å². The molecule has 1 heterocycles. The smallest absolute Gasteiger partial charge is 0.241 e. The molecule has 1 aromatic heterocycles. The molecule has 1 N–H and O–H groups in total. The van der Waals surface area contributed by atoms with Gasteiger partial charge < -0.3 is 9.47 Å². The maximum atomic E-state index is 12.4. The molecule has 0 bridgehead atoms. The predicted molar refractivity (Wildman–Crippen MR) is 86.8 cm³/mol. The maximum absolute atomic E-state index is 12.4. The van der Waals surface area contributed by atoms with Gasteiger partial charge in [-0.2, -0.15) is 0 Å². The van der Waals surface area contributed by atoms with Crippen LogP contribution in [0.25, 0.3) is 0 Å². The van der Waals surface area contributed by atoms with Crippen LogP contribution < -0.4 is 9.46 Å². The van der Waals surface area contributed by atoms with Crippen molar-refractivity contribution in [1.82, 2.24) is 9.71 Å². The van der Waals surface area contributed by atoms with Gasteiger partial charge in [-0.05, 0) is 48.9 Å². The molecule has 0 radical (unpaired) electrons. The second-order valence-corrected chi connectivity index (χ2v) is 6.65. The molecule has 0 saturated heterocycles. The summed E-state index contributed by atoms with van der Waals surface area (Å²) < 4.78 is 37.8. The summed E-state index contributed by atoms with van der Waals surface area (Å²) in [6.07, 6.45) is 3.26. The second-order valence-electron chi connectivity index (χ2n) is 4.94. The number of benzene rings is 1. The minimum Gasteiger partial charge on any atom is -0.491 e. The van der Waals surface area contributed by atoms with Gasteiger partial charge in [-0.1, -0.05) is 0 Å². The number of methoxy groups -OCH3 is 1. The van der Waals surface area contributed by atoms with Gasteiger partial charge in [-0.15, -0.1) is 0 Å². The number of hydrogen-bond acceptors (Lipinski definition) is 5. The number of sulfonamides is 1. The van der Waals surface area contributed by atoms with Crippen molar-refractivity contribution in [2.24, 2.45) is 0 Å². The Morgan fingerprint density at radius 3 is 2.35 bits per heavy atom. The van der Waals surface area contributed by atoms with Gasteiger partial charge in [0.05, 0.1) is 11.5 Å². The zero-order valence-corrected chi connectivity index (χ0v) is 13.9. The molecular formula is C16H20N2O4S. The maximum Gasteiger partial charge on any atom is 0.241 e. The zero-order valence-electron chi connectivity index (χ0n) is 13.1. The molecule has 23 heavy (non-hydrogen) atoms. The Labute approximate surface area is 136 Å². The Hall–Kier alpha value is -1.96. The number of pyridine rings is 1. The van der Waals surface area contributed by atoms with E-state index in [1.165, 1.54) is 12.1 Å². The van der Waals surface area contributed by atoms with Crippen molar-refractivity contribution < 1.29 is 17.9 Å². The summed E-state index contributed by atoms with van der Waals surface area (Å²) in [5, 5.41) is 0. The van der Waals surface area contributed by atoms with Gasteiger partial charge in [-0.25, -0.2) is 13.1 Å². The van der Waals surface area contributed by atoms with Crippen LogP contribution in [-0.4, -0.2) is 33.7 Å². The lowest BCUT2D eigenvalue weighted by Gasteiger charge is -2.14. The zero-order chi connectivity index (χ0) is 16.7. The summed E-state index contributed by atoms with van der Waals surface area (Å²) in [6, 6.07) is 9.50. The van der Waals surface area contributed by atoms with Crippen molar-refractivity contribution in [2.75, 3.05) is 20.3 Å². The van der Waals surface area contributed by atoms with E-state index in [9.17, 15) is 8.42 Å². The average Bonchev–Trinajstić information content (AvgIpc) is 2.56. The Morgan fingerprint density at radius 1 is 1.09 bits per heavy atom. The normalized spacial score (nSPS) is 12.8. The Balaban J connectivity index is 2.04. The predicted octanol–water partition coefficient (Wildman–Crippen LogP) is 2.15. The van der Waals surface area contributed by atoms with E-state index in [-0.39, 0.29) is 10.9 Å². The van der Waals surface area contributed by atoms with Crippen molar-refractivity contribution in [1.29, 1.82) is 0 Å². The van der Waals surface area contributed by atoms with E-state index in [2.05, 4.69) is 9.71 Å². The average molecular weight is 336 g/mol. The SMILES string of the molecule is COCCOc1ccc(S(=O)(=O)N[C@@H](C)c2ccncc2)cc1. The fourth-order valence-corrected chi connectivity index (χ4v) is 3.21. The first kappa shape index (κ1) is 17.4. The molecule has 0 fully saturated rings. The Bertz CT molecular complexity index is 703. The van der Waals surface area contributed by atoms with Crippen LogP contribution in [0.1, 0.15) is 18.5 Å². The van der Waals surface area contributed by atoms with Crippen LogP contribution in [0, 0.1) is 0 Å². The van der Waals surface area contributed by atoms with E-state index >= 15 is 0 Å². The molecule has 0 amide bonds. The van der Waals surface area contributed by atoms with Crippen molar-refractivity contribution in [2.45, 2.75) is 17.9 Å². The first-order valence-electron chi connectivity index (χ1n) is 7.17. The number of rotatable bonds is 8. The summed E-state index contributed by atoms with van der Waals surface area (Å²) in [4.78, 5) is 4.11. The van der Waals surface area contributed by atoms with Gasteiger partial charge in [0, 0.05) is 25.5 Å². The van der Waals surface area contributed by atoms with Crippen molar-refractivity contribution in [3.05, 3.63) is 54.4 Å². The number of nitrogens with zero attached hydrogens (tertiary/aromatic N) is 1. The van der Waals surface area contributed by atoms with Crippen LogP contribution in [-0.2, 0) is 14.8 Å². The summed E-state index contributed by atoms with van der Waals surface area (Å²) in [7, 11) is -2.01. The van der Waals surface area contributed by atoms with Crippen LogP contribution in [0.15, 0.2) is 53.7 Å². The molecule has 1 atom stereocenters. The Morgan fingerprint density at radius 2 is 1.74 bits per heavy atom. The molecule has 0 aliphatic carbocycles. The quantitative estimate of drug-likeness (QED) is 0.747. The first-order chi connectivity index (χ1) is 11.0. The number of ether oxygens (including phenoxy) is 2. The molecule has 0 unspecified atom stereocenters. The van der Waals surface area contributed by atoms with E-state index in [0.717, 1.165) is 5.56 Å². The van der Waals surface area contributed by atoms with Gasteiger partial charge in [0.1, 0.15) is 12.4 Å². The van der Waals surface area contributed by atoms with Gasteiger partial charge in [0.25, 0.3) is 0 Å². The van der Waals surface area contributed by atoms with E-state index in [0.29, 0.717) is 19.0 Å². The first-order valence-corrected chi connectivity index (χ1v) is 8.65. The lowest BCUT2D eigenvalue weighted by Crippen LogP contribution is -2.26. The molecule has 124 valence electrons. The van der Waals surface area contributed by atoms with Crippen LogP contribution in [0.2, 0.25) is 0 Å². The summed E-state index contributed by atoms with van der Waals surface area (Å²) in [6.45, 7) is 2.68. The fraction of sp³-hybridized carbons (Fsp3) is 0.312.